The van der Waals surface area contributed by atoms with Gasteiger partial charge in [0.2, 0.25) is 5.95 Å². The van der Waals surface area contributed by atoms with E-state index >= 15 is 0 Å². The van der Waals surface area contributed by atoms with Crippen LogP contribution in [0.25, 0.3) is 0 Å². The van der Waals surface area contributed by atoms with E-state index in [1.807, 2.05) is 60.7 Å². The molecule has 1 aliphatic heterocycles. The third kappa shape index (κ3) is 4.29. The van der Waals surface area contributed by atoms with Crippen LogP contribution in [0.15, 0.2) is 91.1 Å². The van der Waals surface area contributed by atoms with Gasteiger partial charge in [-0.3, -0.25) is 9.59 Å². The molecular weight excluding hydrogens is 428 g/mol. The topological polar surface area (TPSA) is 113 Å². The van der Waals surface area contributed by atoms with Gasteiger partial charge in [0.05, 0.1) is 0 Å². The Balaban J connectivity index is 1.36. The highest BCUT2D eigenvalue weighted by Crippen LogP contribution is 2.32. The average molecular weight is 451 g/mol. The van der Waals surface area contributed by atoms with Crippen LogP contribution in [-0.2, 0) is 11.3 Å². The molecule has 0 saturated heterocycles. The van der Waals surface area contributed by atoms with Crippen LogP contribution in [0.5, 0.6) is 0 Å². The summed E-state index contributed by atoms with van der Waals surface area (Å²) in [7, 11) is 0. The summed E-state index contributed by atoms with van der Waals surface area (Å²) in [5.41, 5.74) is 9.32. The van der Waals surface area contributed by atoms with E-state index in [2.05, 4.69) is 20.6 Å². The summed E-state index contributed by atoms with van der Waals surface area (Å²) in [4.78, 5) is 36.2. The SMILES string of the molecule is Nc1nccc(Nc2ccc(NC(=O)C(c3ccccc3)N3Cc4ccccc4C3=O)cc2)n1. The number of benzene rings is 3. The lowest BCUT2D eigenvalue weighted by Crippen LogP contribution is -2.37. The molecule has 1 aromatic heterocycles. The van der Waals surface area contributed by atoms with Gasteiger partial charge in [-0.25, -0.2) is 4.98 Å². The van der Waals surface area contributed by atoms with Crippen LogP contribution in [0.1, 0.15) is 27.5 Å². The molecular formula is C26H22N6O2. The summed E-state index contributed by atoms with van der Waals surface area (Å²) >= 11 is 0. The maximum absolute atomic E-state index is 13.5. The van der Waals surface area contributed by atoms with Crippen molar-refractivity contribution in [3.8, 4) is 0 Å². The molecule has 4 aromatic rings. The first-order chi connectivity index (χ1) is 16.6. The van der Waals surface area contributed by atoms with Crippen molar-refractivity contribution >= 4 is 35.0 Å². The van der Waals surface area contributed by atoms with Crippen molar-refractivity contribution in [1.29, 1.82) is 0 Å². The van der Waals surface area contributed by atoms with Crippen molar-refractivity contribution in [2.45, 2.75) is 12.6 Å². The molecule has 168 valence electrons. The average Bonchev–Trinajstić information content (AvgIpc) is 3.17. The first kappa shape index (κ1) is 21.1. The van der Waals surface area contributed by atoms with Gasteiger partial charge in [0.1, 0.15) is 11.9 Å². The smallest absolute Gasteiger partial charge is 0.255 e. The predicted molar refractivity (Wildman–Crippen MR) is 130 cm³/mol. The summed E-state index contributed by atoms with van der Waals surface area (Å²) < 4.78 is 0. The van der Waals surface area contributed by atoms with Gasteiger partial charge in [-0.05, 0) is 47.5 Å². The summed E-state index contributed by atoms with van der Waals surface area (Å²) in [6, 6.07) is 25.0. The van der Waals surface area contributed by atoms with Crippen LogP contribution < -0.4 is 16.4 Å². The normalized spacial score (nSPS) is 13.3. The second-order valence-corrected chi connectivity index (χ2v) is 7.90. The largest absolute Gasteiger partial charge is 0.368 e. The first-order valence-corrected chi connectivity index (χ1v) is 10.8. The number of amides is 2. The molecule has 0 fully saturated rings. The van der Waals surface area contributed by atoms with Crippen LogP contribution in [0, 0.1) is 0 Å². The van der Waals surface area contributed by atoms with Crippen molar-refractivity contribution in [2.24, 2.45) is 0 Å². The molecule has 2 amide bonds. The van der Waals surface area contributed by atoms with Gasteiger partial charge in [-0.1, -0.05) is 48.5 Å². The summed E-state index contributed by atoms with van der Waals surface area (Å²) in [6.45, 7) is 0.382. The third-order valence-corrected chi connectivity index (χ3v) is 5.62. The molecule has 0 saturated carbocycles. The number of nitrogens with two attached hydrogens (primary N) is 1. The van der Waals surface area contributed by atoms with E-state index in [-0.39, 0.29) is 17.8 Å². The number of aromatic nitrogens is 2. The Morgan fingerprint density at radius 2 is 1.62 bits per heavy atom. The van der Waals surface area contributed by atoms with E-state index in [1.165, 1.54) is 0 Å². The lowest BCUT2D eigenvalue weighted by atomic mass is 10.0. The Kier molecular flexibility index (Phi) is 5.61. The number of nitrogens with one attached hydrogen (secondary N) is 2. The lowest BCUT2D eigenvalue weighted by Gasteiger charge is -2.27. The molecule has 4 N–H and O–H groups in total. The molecule has 0 aliphatic carbocycles. The first-order valence-electron chi connectivity index (χ1n) is 10.8. The molecule has 1 unspecified atom stereocenters. The number of nitrogen functional groups attached to an aromatic ring is 1. The van der Waals surface area contributed by atoms with E-state index in [9.17, 15) is 9.59 Å². The standard InChI is InChI=1S/C26H22N6O2/c27-26-28-15-14-22(31-26)29-19-10-12-20(13-11-19)30-24(33)23(17-6-2-1-3-7-17)32-16-18-8-4-5-9-21(18)25(32)34/h1-15,23H,16H2,(H,30,33)(H3,27,28,29,31). The molecule has 8 nitrogen and oxygen atoms in total. The number of carbonyl (C=O) groups excluding carboxylic acids is 2. The van der Waals surface area contributed by atoms with Gasteiger partial charge >= 0.3 is 0 Å². The van der Waals surface area contributed by atoms with Gasteiger partial charge in [0, 0.05) is 29.7 Å². The van der Waals surface area contributed by atoms with Gasteiger partial charge in [-0.15, -0.1) is 0 Å². The summed E-state index contributed by atoms with van der Waals surface area (Å²) in [6.07, 6.45) is 1.57. The molecule has 1 atom stereocenters. The van der Waals surface area contributed by atoms with Gasteiger partial charge < -0.3 is 21.3 Å². The fourth-order valence-electron chi connectivity index (χ4n) is 4.03. The highest BCUT2D eigenvalue weighted by atomic mass is 16.2. The number of rotatable bonds is 6. The van der Waals surface area contributed by atoms with Crippen molar-refractivity contribution in [2.75, 3.05) is 16.4 Å². The van der Waals surface area contributed by atoms with E-state index in [0.717, 1.165) is 16.8 Å². The second kappa shape index (κ2) is 9.03. The molecule has 2 heterocycles. The molecule has 0 bridgehead atoms. The van der Waals surface area contributed by atoms with E-state index in [0.29, 0.717) is 23.6 Å². The minimum atomic E-state index is -0.761. The number of hydrogen-bond donors (Lipinski definition) is 3. The van der Waals surface area contributed by atoms with Crippen molar-refractivity contribution in [3.63, 3.8) is 0 Å². The van der Waals surface area contributed by atoms with Gasteiger partial charge in [-0.2, -0.15) is 4.98 Å². The number of anilines is 4. The highest BCUT2D eigenvalue weighted by molar-refractivity contribution is 6.04. The van der Waals surface area contributed by atoms with E-state index < -0.39 is 6.04 Å². The van der Waals surface area contributed by atoms with Gasteiger partial charge in [0.15, 0.2) is 0 Å². The summed E-state index contributed by atoms with van der Waals surface area (Å²) in [5.74, 6) is 0.319. The third-order valence-electron chi connectivity index (χ3n) is 5.62. The fourth-order valence-corrected chi connectivity index (χ4v) is 4.03. The van der Waals surface area contributed by atoms with Crippen LogP contribution in [-0.4, -0.2) is 26.7 Å². The van der Waals surface area contributed by atoms with Crippen molar-refractivity contribution < 1.29 is 9.59 Å². The molecule has 0 radical (unpaired) electrons. The van der Waals surface area contributed by atoms with Crippen LogP contribution >= 0.6 is 0 Å². The quantitative estimate of drug-likeness (QED) is 0.407. The number of carbonyl (C=O) groups is 2. The molecule has 5 rings (SSSR count). The molecule has 34 heavy (non-hydrogen) atoms. The maximum Gasteiger partial charge on any atom is 0.255 e. The Hall–Kier alpha value is -4.72. The van der Waals surface area contributed by atoms with Crippen LogP contribution in [0.4, 0.5) is 23.1 Å². The number of nitrogens with zero attached hydrogens (tertiary/aromatic N) is 3. The predicted octanol–water partition coefficient (Wildman–Crippen LogP) is 4.14. The Bertz CT molecular complexity index is 1340. The second-order valence-electron chi connectivity index (χ2n) is 7.90. The molecule has 3 aromatic carbocycles. The van der Waals surface area contributed by atoms with Crippen LogP contribution in [0.3, 0.4) is 0 Å². The number of fused-ring (bicyclic) bond motifs is 1. The van der Waals surface area contributed by atoms with Crippen LogP contribution in [0.2, 0.25) is 0 Å². The Labute approximate surface area is 196 Å². The number of hydrogen-bond acceptors (Lipinski definition) is 6. The monoisotopic (exact) mass is 450 g/mol. The van der Waals surface area contributed by atoms with E-state index in [1.54, 1.807) is 35.4 Å². The van der Waals surface area contributed by atoms with Gasteiger partial charge in [0.25, 0.3) is 11.8 Å². The summed E-state index contributed by atoms with van der Waals surface area (Å²) in [5, 5.41) is 6.10. The Morgan fingerprint density at radius 1 is 0.912 bits per heavy atom. The van der Waals surface area contributed by atoms with Crippen molar-refractivity contribution in [1.82, 2.24) is 14.9 Å². The Morgan fingerprint density at radius 3 is 2.35 bits per heavy atom. The molecule has 0 spiro atoms. The molecule has 8 heteroatoms. The zero-order valence-electron chi connectivity index (χ0n) is 18.2. The lowest BCUT2D eigenvalue weighted by molar-refractivity contribution is -0.120. The minimum Gasteiger partial charge on any atom is -0.368 e. The highest BCUT2D eigenvalue weighted by Gasteiger charge is 2.37. The van der Waals surface area contributed by atoms with E-state index in [4.69, 9.17) is 5.73 Å². The maximum atomic E-state index is 13.5. The molecule has 1 aliphatic rings. The fraction of sp³-hybridized carbons (Fsp3) is 0.0769. The zero-order valence-corrected chi connectivity index (χ0v) is 18.2. The zero-order chi connectivity index (χ0) is 23.5. The van der Waals surface area contributed by atoms with Crippen molar-refractivity contribution in [3.05, 3.63) is 108 Å². The minimum absolute atomic E-state index is 0.150.